The van der Waals surface area contributed by atoms with Gasteiger partial charge in [0.15, 0.2) is 18.9 Å². The molecule has 0 radical (unpaired) electrons. The summed E-state index contributed by atoms with van der Waals surface area (Å²) in [4.78, 5) is 11.6. The van der Waals surface area contributed by atoms with Gasteiger partial charge >= 0.3 is 0 Å². The molecular weight excluding hydrogens is 604 g/mol. The maximum atomic E-state index is 11.6. The highest BCUT2D eigenvalue weighted by Crippen LogP contribution is 2.32. The van der Waals surface area contributed by atoms with Gasteiger partial charge in [-0.1, -0.05) is 0 Å². The monoisotopic (exact) mass is 658 g/mol. The second-order valence-corrected chi connectivity index (χ2v) is 10.4. The van der Waals surface area contributed by atoms with Gasteiger partial charge in [-0.3, -0.25) is 0 Å². The second-order valence-electron chi connectivity index (χ2n) is 10.4. The lowest BCUT2D eigenvalue weighted by Crippen LogP contribution is -2.63. The molecule has 0 aromatic rings. The Balaban J connectivity index is 2.26. The summed E-state index contributed by atoms with van der Waals surface area (Å²) in [6.07, 6.45) is -8.93. The van der Waals surface area contributed by atoms with Crippen LogP contribution in [0, 0.1) is 0 Å². The molecule has 2 rings (SSSR count). The third-order valence-corrected chi connectivity index (χ3v) is 8.26. The minimum Gasteiger partial charge on any atom is -0.382 e. The lowest BCUT2D eigenvalue weighted by atomic mass is 9.97. The van der Waals surface area contributed by atoms with E-state index in [-0.39, 0.29) is 19.8 Å². The van der Waals surface area contributed by atoms with E-state index in [0.29, 0.717) is 6.29 Å². The van der Waals surface area contributed by atoms with Crippen LogP contribution in [0.2, 0.25) is 0 Å². The summed E-state index contributed by atoms with van der Waals surface area (Å²) in [5.74, 6) is 0. The van der Waals surface area contributed by atoms with Crippen molar-refractivity contribution in [1.82, 2.24) is 0 Å². The van der Waals surface area contributed by atoms with Crippen molar-refractivity contribution >= 4 is 6.29 Å². The highest BCUT2D eigenvalue weighted by molar-refractivity contribution is 5.57. The van der Waals surface area contributed by atoms with Gasteiger partial charge < -0.3 is 75.8 Å². The van der Waals surface area contributed by atoms with E-state index >= 15 is 0 Å². The summed E-state index contributed by atoms with van der Waals surface area (Å²) in [7, 11) is 16.7. The first-order valence-corrected chi connectivity index (χ1v) is 14.6. The van der Waals surface area contributed by atoms with Gasteiger partial charge in [0.25, 0.3) is 0 Å². The predicted octanol–water partition coefficient (Wildman–Crippen LogP) is -0.535. The zero-order chi connectivity index (χ0) is 33.5. The molecule has 16 heteroatoms. The van der Waals surface area contributed by atoms with E-state index in [1.54, 1.807) is 42.7 Å². The van der Waals surface area contributed by atoms with Crippen LogP contribution in [0.25, 0.3) is 0 Å². The van der Waals surface area contributed by atoms with Crippen LogP contribution in [0.3, 0.4) is 0 Å². The second kappa shape index (κ2) is 21.1. The smallest absolute Gasteiger partial charge is 0.187 e. The predicted molar refractivity (Wildman–Crippen MR) is 155 cm³/mol. The molecule has 266 valence electrons. The first-order valence-electron chi connectivity index (χ1n) is 14.6. The molecule has 0 aliphatic carbocycles. The van der Waals surface area contributed by atoms with Gasteiger partial charge in [-0.25, -0.2) is 0 Å². The van der Waals surface area contributed by atoms with Crippen molar-refractivity contribution in [2.75, 3.05) is 98.0 Å². The quantitative estimate of drug-likeness (QED) is 0.137. The Morgan fingerprint density at radius 1 is 0.533 bits per heavy atom. The van der Waals surface area contributed by atoms with Gasteiger partial charge in [-0.05, 0) is 0 Å². The molecule has 0 unspecified atom stereocenters. The van der Waals surface area contributed by atoms with Gasteiger partial charge in [-0.15, -0.1) is 0 Å². The number of rotatable bonds is 22. The number of methoxy groups -OCH3 is 11. The van der Waals surface area contributed by atoms with Crippen molar-refractivity contribution in [3.63, 3.8) is 0 Å². The standard InChI is InChI=1S/C29H54O16/c1-31-13-18-22(36-6)24(38-8)26(40-10)29(44-18)43-15-19-23(37-7)25(39-9)27(41-11)28(45-19)42-14-17(33-3)21(35-5)20(34-4)16(12-30)32-2/h12,16-29H,13-15H2,1-11H3/t16-,17+,18+,19+,20+,21+,22+,23+,24-,25-,26+,27+,28+,29+/m0/s1. The third kappa shape index (κ3) is 9.81. The topological polar surface area (TPSA) is 156 Å². The molecule has 0 bridgehead atoms. The van der Waals surface area contributed by atoms with Crippen LogP contribution in [0.15, 0.2) is 0 Å². The van der Waals surface area contributed by atoms with Crippen molar-refractivity contribution < 1.29 is 75.8 Å². The number of hydrogen-bond donors (Lipinski definition) is 0. The number of carbonyl (C=O) groups excluding carboxylic acids is 1. The Morgan fingerprint density at radius 3 is 1.38 bits per heavy atom. The molecule has 2 aliphatic heterocycles. The van der Waals surface area contributed by atoms with Crippen LogP contribution < -0.4 is 0 Å². The van der Waals surface area contributed by atoms with Gasteiger partial charge in [0.05, 0.1) is 19.8 Å². The lowest BCUT2D eigenvalue weighted by Gasteiger charge is -2.47. The van der Waals surface area contributed by atoms with Gasteiger partial charge in [0.2, 0.25) is 0 Å². The zero-order valence-electron chi connectivity index (χ0n) is 28.3. The highest BCUT2D eigenvalue weighted by Gasteiger charge is 2.51. The minimum atomic E-state index is -0.947. The number of aldehydes is 1. The maximum Gasteiger partial charge on any atom is 0.187 e. The molecule has 2 fully saturated rings. The highest BCUT2D eigenvalue weighted by atomic mass is 16.8. The first kappa shape index (κ1) is 40.2. The van der Waals surface area contributed by atoms with Gasteiger partial charge in [-0.2, -0.15) is 0 Å². The molecule has 0 N–H and O–H groups in total. The average molecular weight is 659 g/mol. The normalized spacial score (nSPS) is 35.1. The molecule has 0 spiro atoms. The van der Waals surface area contributed by atoms with Crippen molar-refractivity contribution in [3.8, 4) is 0 Å². The van der Waals surface area contributed by atoms with Crippen molar-refractivity contribution in [3.05, 3.63) is 0 Å². The van der Waals surface area contributed by atoms with Crippen LogP contribution in [0.1, 0.15) is 0 Å². The number of hydrogen-bond acceptors (Lipinski definition) is 16. The van der Waals surface area contributed by atoms with Crippen molar-refractivity contribution in [2.24, 2.45) is 0 Å². The summed E-state index contributed by atoms with van der Waals surface area (Å²) in [5, 5.41) is 0. The fraction of sp³-hybridized carbons (Fsp3) is 0.966. The Hall–Kier alpha value is -0.930. The molecule has 2 saturated heterocycles. The van der Waals surface area contributed by atoms with E-state index in [1.165, 1.54) is 35.5 Å². The summed E-state index contributed by atoms with van der Waals surface area (Å²) in [6.45, 7) is 0.222. The Kier molecular flexibility index (Phi) is 18.9. The van der Waals surface area contributed by atoms with Crippen LogP contribution >= 0.6 is 0 Å². The van der Waals surface area contributed by atoms with E-state index in [0.717, 1.165) is 0 Å². The minimum absolute atomic E-state index is 0.00196. The molecule has 2 aliphatic rings. The Labute approximate surface area is 266 Å². The SMILES string of the molecule is COC[C@H]1O[C@@H](OC[C@H]2O[C@@H](OC[C@@H](OC)[C@@H](OC)[C@H](OC)[C@H](C=O)OC)[C@H](OC)[C@@H](OC)[C@@H]2OC)[C@H](OC)[C@@H](OC)[C@@H]1OC. The molecule has 0 amide bonds. The van der Waals surface area contributed by atoms with Crippen LogP contribution in [0.5, 0.6) is 0 Å². The third-order valence-electron chi connectivity index (χ3n) is 8.26. The Morgan fingerprint density at radius 2 is 1.00 bits per heavy atom. The number of ether oxygens (including phenoxy) is 15. The maximum absolute atomic E-state index is 11.6. The first-order chi connectivity index (χ1) is 21.8. The van der Waals surface area contributed by atoms with E-state index in [9.17, 15) is 4.79 Å². The van der Waals surface area contributed by atoms with Crippen LogP contribution in [-0.4, -0.2) is 190 Å². The summed E-state index contributed by atoms with van der Waals surface area (Å²) >= 11 is 0. The van der Waals surface area contributed by atoms with Crippen molar-refractivity contribution in [2.45, 2.75) is 85.8 Å². The van der Waals surface area contributed by atoms with Crippen LogP contribution in [0.4, 0.5) is 0 Å². The van der Waals surface area contributed by atoms with E-state index in [4.69, 9.17) is 71.1 Å². The summed E-state index contributed by atoms with van der Waals surface area (Å²) < 4.78 is 87.1. The molecule has 2 heterocycles. The number of carbonyl (C=O) groups is 1. The lowest BCUT2D eigenvalue weighted by molar-refractivity contribution is -0.343. The van der Waals surface area contributed by atoms with E-state index < -0.39 is 85.8 Å². The fourth-order valence-electron chi connectivity index (χ4n) is 5.96. The average Bonchev–Trinajstić information content (AvgIpc) is 3.07. The fourth-order valence-corrected chi connectivity index (χ4v) is 5.96. The molecule has 0 aromatic heterocycles. The molecule has 16 nitrogen and oxygen atoms in total. The molecule has 14 atom stereocenters. The summed E-state index contributed by atoms with van der Waals surface area (Å²) in [5.41, 5.74) is 0. The largest absolute Gasteiger partial charge is 0.382 e. The van der Waals surface area contributed by atoms with Gasteiger partial charge in [0.1, 0.15) is 73.2 Å². The Bertz CT molecular complexity index is 793. The molecule has 45 heavy (non-hydrogen) atoms. The zero-order valence-corrected chi connectivity index (χ0v) is 28.3. The van der Waals surface area contributed by atoms with Crippen LogP contribution in [-0.2, 0) is 75.8 Å². The van der Waals surface area contributed by atoms with Crippen molar-refractivity contribution in [1.29, 1.82) is 0 Å². The summed E-state index contributed by atoms with van der Waals surface area (Å²) in [6, 6.07) is 0. The van der Waals surface area contributed by atoms with E-state index in [2.05, 4.69) is 0 Å². The van der Waals surface area contributed by atoms with Gasteiger partial charge in [0, 0.05) is 78.2 Å². The van der Waals surface area contributed by atoms with E-state index in [1.807, 2.05) is 0 Å². The molecule has 0 aromatic carbocycles. The molecular formula is C29H54O16. The molecule has 0 saturated carbocycles.